The SMILES string of the molecule is CC1(C)C2=N/C(=C(/c3cccc([N+](=O)[O-])c3)c3ccc([nH]3)C(C)(C)c3ccc([nH]3)C(C)(C)c3ccc1[nH]3)C=C2. The van der Waals surface area contributed by atoms with E-state index in [2.05, 4.69) is 92.9 Å². The van der Waals surface area contributed by atoms with Crippen molar-refractivity contribution in [2.75, 3.05) is 0 Å². The number of nitrogens with one attached hydrogen (secondary N) is 3. The molecule has 0 unspecified atom stereocenters. The zero-order valence-corrected chi connectivity index (χ0v) is 23.1. The molecule has 7 nitrogen and oxygen atoms in total. The topological polar surface area (TPSA) is 103 Å². The highest BCUT2D eigenvalue weighted by Gasteiger charge is 2.35. The number of hydrogen-bond donors (Lipinski definition) is 3. The molecule has 2 aliphatic rings. The van der Waals surface area contributed by atoms with Gasteiger partial charge in [0.15, 0.2) is 0 Å². The summed E-state index contributed by atoms with van der Waals surface area (Å²) in [6.07, 6.45) is 4.07. The van der Waals surface area contributed by atoms with Crippen molar-refractivity contribution in [2.45, 2.75) is 57.8 Å². The first-order valence-corrected chi connectivity index (χ1v) is 13.3. The average Bonchev–Trinajstić information content (AvgIpc) is 3.70. The molecule has 7 heteroatoms. The Morgan fingerprint density at radius 1 is 0.692 bits per heavy atom. The molecule has 0 fully saturated rings. The second kappa shape index (κ2) is 8.30. The fraction of sp³-hybridized carbons (Fsp3) is 0.281. The van der Waals surface area contributed by atoms with Crippen LogP contribution in [0, 0.1) is 10.1 Å². The third-order valence-corrected chi connectivity index (χ3v) is 8.58. The van der Waals surface area contributed by atoms with E-state index in [1.165, 1.54) is 6.07 Å². The Labute approximate surface area is 227 Å². The molecular formula is C32H33N5O2. The molecule has 0 radical (unpaired) electrons. The van der Waals surface area contributed by atoms with Crippen LogP contribution < -0.4 is 0 Å². The molecule has 3 aromatic heterocycles. The van der Waals surface area contributed by atoms with Gasteiger partial charge in [-0.25, -0.2) is 0 Å². The van der Waals surface area contributed by atoms with Gasteiger partial charge in [-0.05, 0) is 95.7 Å². The van der Waals surface area contributed by atoms with Crippen molar-refractivity contribution >= 4 is 17.0 Å². The number of nitrogens with zero attached hydrogens (tertiary/aromatic N) is 2. The second-order valence-electron chi connectivity index (χ2n) is 12.1. The minimum Gasteiger partial charge on any atom is -0.361 e. The normalized spacial score (nSPS) is 20.6. The van der Waals surface area contributed by atoms with Gasteiger partial charge in [0.05, 0.1) is 16.3 Å². The number of aliphatic imine (C=N–C) groups is 1. The molecule has 3 N–H and O–H groups in total. The molecule has 0 saturated heterocycles. The Balaban J connectivity index is 1.63. The molecule has 1 aromatic carbocycles. The van der Waals surface area contributed by atoms with Crippen LogP contribution in [-0.2, 0) is 16.2 Å². The Kier molecular flexibility index (Phi) is 5.31. The van der Waals surface area contributed by atoms with E-state index in [1.807, 2.05) is 18.2 Å². The first-order chi connectivity index (χ1) is 18.4. The summed E-state index contributed by atoms with van der Waals surface area (Å²) in [7, 11) is 0. The first-order valence-electron chi connectivity index (χ1n) is 13.3. The van der Waals surface area contributed by atoms with Crippen molar-refractivity contribution in [3.8, 4) is 0 Å². The predicted octanol–water partition coefficient (Wildman–Crippen LogP) is 7.29. The number of rotatable bonds is 2. The summed E-state index contributed by atoms with van der Waals surface area (Å²) < 4.78 is 0. The first kappa shape index (κ1) is 24.9. The third kappa shape index (κ3) is 3.83. The van der Waals surface area contributed by atoms with Gasteiger partial charge < -0.3 is 15.0 Å². The molecule has 2 aliphatic heterocycles. The smallest absolute Gasteiger partial charge is 0.270 e. The highest BCUT2D eigenvalue weighted by Crippen LogP contribution is 2.40. The van der Waals surface area contributed by atoms with Crippen LogP contribution >= 0.6 is 0 Å². The van der Waals surface area contributed by atoms with Gasteiger partial charge in [0.25, 0.3) is 5.69 Å². The van der Waals surface area contributed by atoms with Gasteiger partial charge in [-0.1, -0.05) is 12.1 Å². The van der Waals surface area contributed by atoms with Crippen LogP contribution in [0.25, 0.3) is 5.57 Å². The molecule has 0 saturated carbocycles. The van der Waals surface area contributed by atoms with Crippen LogP contribution in [0.5, 0.6) is 0 Å². The Bertz CT molecular complexity index is 1720. The van der Waals surface area contributed by atoms with Crippen molar-refractivity contribution in [1.29, 1.82) is 0 Å². The molecule has 6 rings (SSSR count). The van der Waals surface area contributed by atoms with Crippen molar-refractivity contribution in [1.82, 2.24) is 15.0 Å². The quantitative estimate of drug-likeness (QED) is 0.191. The molecule has 0 amide bonds. The van der Waals surface area contributed by atoms with Crippen LogP contribution in [-0.4, -0.2) is 25.6 Å². The van der Waals surface area contributed by atoms with Crippen molar-refractivity contribution in [2.24, 2.45) is 4.99 Å². The second-order valence-corrected chi connectivity index (χ2v) is 12.1. The van der Waals surface area contributed by atoms with E-state index < -0.39 is 0 Å². The molecule has 0 aliphatic carbocycles. The van der Waals surface area contributed by atoms with E-state index in [0.29, 0.717) is 0 Å². The summed E-state index contributed by atoms with van der Waals surface area (Å²) >= 11 is 0. The number of H-pyrrole nitrogens is 3. The van der Waals surface area contributed by atoms with Gasteiger partial charge >= 0.3 is 0 Å². The van der Waals surface area contributed by atoms with Gasteiger partial charge in [-0.15, -0.1) is 0 Å². The van der Waals surface area contributed by atoms with Gasteiger partial charge in [-0.2, -0.15) is 0 Å². The van der Waals surface area contributed by atoms with Gasteiger partial charge in [0, 0.05) is 68.1 Å². The molecule has 8 bridgehead atoms. The molecular weight excluding hydrogens is 486 g/mol. The molecule has 5 heterocycles. The highest BCUT2D eigenvalue weighted by atomic mass is 16.6. The highest BCUT2D eigenvalue weighted by molar-refractivity contribution is 6.07. The minimum absolute atomic E-state index is 0.0480. The van der Waals surface area contributed by atoms with Crippen LogP contribution in [0.3, 0.4) is 0 Å². The number of nitro benzene ring substituents is 1. The Hall–Kier alpha value is -4.39. The lowest BCUT2D eigenvalue weighted by Gasteiger charge is -2.27. The standard InChI is InChI=1S/C32H33N5O2/c1-30(2)23-12-10-21(33-23)29(19-8-7-9-20(18-19)37(38)39)22-11-13-24(34-22)31(3,4)26-15-17-28(36-26)32(5,6)27-16-14-25(30)35-27/h7-18,33,35-36H,1-6H3/b29-22-. The van der Waals surface area contributed by atoms with Crippen LogP contribution in [0.4, 0.5) is 5.69 Å². The lowest BCUT2D eigenvalue weighted by Crippen LogP contribution is -2.28. The number of non-ortho nitro benzene ring substituents is 1. The van der Waals surface area contributed by atoms with E-state index in [9.17, 15) is 10.1 Å². The zero-order chi connectivity index (χ0) is 27.7. The molecule has 39 heavy (non-hydrogen) atoms. The lowest BCUT2D eigenvalue weighted by atomic mass is 9.84. The summed E-state index contributed by atoms with van der Waals surface area (Å²) in [5.74, 6) is 0. The average molecular weight is 520 g/mol. The van der Waals surface area contributed by atoms with Gasteiger partial charge in [0.1, 0.15) is 0 Å². The molecule has 198 valence electrons. The number of hydrogen-bond acceptors (Lipinski definition) is 3. The van der Waals surface area contributed by atoms with Crippen molar-refractivity contribution in [3.05, 3.63) is 128 Å². The maximum absolute atomic E-state index is 11.6. The fourth-order valence-corrected chi connectivity index (χ4v) is 5.65. The van der Waals surface area contributed by atoms with Crippen LogP contribution in [0.15, 0.2) is 83.5 Å². The van der Waals surface area contributed by atoms with E-state index >= 15 is 0 Å². The van der Waals surface area contributed by atoms with E-state index in [0.717, 1.165) is 56.7 Å². The van der Waals surface area contributed by atoms with Gasteiger partial charge in [0.2, 0.25) is 0 Å². The third-order valence-electron chi connectivity index (χ3n) is 8.58. The molecule has 0 spiro atoms. The largest absolute Gasteiger partial charge is 0.361 e. The van der Waals surface area contributed by atoms with E-state index in [-0.39, 0.29) is 26.9 Å². The number of allylic oxidation sites excluding steroid dienone is 2. The summed E-state index contributed by atoms with van der Waals surface area (Å²) in [5, 5.41) is 11.6. The summed E-state index contributed by atoms with van der Waals surface area (Å²) in [6, 6.07) is 19.6. The lowest BCUT2D eigenvalue weighted by molar-refractivity contribution is -0.384. The number of aromatic nitrogens is 3. The Morgan fingerprint density at radius 3 is 1.82 bits per heavy atom. The van der Waals surface area contributed by atoms with E-state index in [1.54, 1.807) is 12.1 Å². The fourth-order valence-electron chi connectivity index (χ4n) is 5.65. The molecule has 4 aromatic rings. The summed E-state index contributed by atoms with van der Waals surface area (Å²) in [6.45, 7) is 13.2. The summed E-state index contributed by atoms with van der Waals surface area (Å²) in [5.41, 5.74) is 8.66. The van der Waals surface area contributed by atoms with Crippen molar-refractivity contribution in [3.63, 3.8) is 0 Å². The number of benzene rings is 1. The maximum Gasteiger partial charge on any atom is 0.270 e. The van der Waals surface area contributed by atoms with E-state index in [4.69, 9.17) is 4.99 Å². The van der Waals surface area contributed by atoms with Crippen LogP contribution in [0.2, 0.25) is 0 Å². The number of fused-ring (bicyclic) bond motifs is 7. The number of nitro groups is 1. The maximum atomic E-state index is 11.6. The summed E-state index contributed by atoms with van der Waals surface area (Å²) in [4.78, 5) is 27.5. The monoisotopic (exact) mass is 519 g/mol. The van der Waals surface area contributed by atoms with Crippen molar-refractivity contribution < 1.29 is 4.92 Å². The molecule has 0 atom stereocenters. The van der Waals surface area contributed by atoms with Gasteiger partial charge in [-0.3, -0.25) is 15.1 Å². The Morgan fingerprint density at radius 2 is 1.23 bits per heavy atom. The minimum atomic E-state index is -0.388. The number of aromatic amines is 3. The predicted molar refractivity (Wildman–Crippen MR) is 155 cm³/mol. The van der Waals surface area contributed by atoms with Crippen LogP contribution in [0.1, 0.15) is 81.3 Å². The zero-order valence-electron chi connectivity index (χ0n) is 23.1.